The van der Waals surface area contributed by atoms with E-state index in [1.54, 1.807) is 22.8 Å². The molecule has 8 nitrogen and oxygen atoms in total. The number of piperidine rings is 1. The fraction of sp³-hybridized carbons (Fsp3) is 0.615. The Kier molecular flexibility index (Phi) is 7.87. The number of nitrogens with zero attached hydrogens (tertiary/aromatic N) is 3. The number of aryl methyl sites for hydroxylation is 1. The van der Waals surface area contributed by atoms with Crippen LogP contribution in [0, 0.1) is 24.6 Å². The van der Waals surface area contributed by atoms with E-state index in [4.69, 9.17) is 0 Å². The molecule has 192 valence electrons. The van der Waals surface area contributed by atoms with Gasteiger partial charge >= 0.3 is 6.03 Å². The van der Waals surface area contributed by atoms with E-state index in [1.807, 2.05) is 13.8 Å². The van der Waals surface area contributed by atoms with Gasteiger partial charge in [0.25, 0.3) is 11.8 Å². The highest BCUT2D eigenvalue weighted by Crippen LogP contribution is 2.37. The fourth-order valence-electron chi connectivity index (χ4n) is 4.90. The summed E-state index contributed by atoms with van der Waals surface area (Å²) < 4.78 is 14.2. The zero-order valence-corrected chi connectivity index (χ0v) is 21.6. The molecule has 35 heavy (non-hydrogen) atoms. The van der Waals surface area contributed by atoms with E-state index in [0.29, 0.717) is 38.4 Å². The molecule has 0 unspecified atom stereocenters. The van der Waals surface area contributed by atoms with Crippen LogP contribution in [0.5, 0.6) is 0 Å². The van der Waals surface area contributed by atoms with Gasteiger partial charge in [-0.1, -0.05) is 39.3 Å². The van der Waals surface area contributed by atoms with Crippen LogP contribution >= 0.6 is 0 Å². The monoisotopic (exact) mass is 488 g/mol. The van der Waals surface area contributed by atoms with Gasteiger partial charge in [0.2, 0.25) is 5.91 Å². The minimum absolute atomic E-state index is 0.0973. The first kappa shape index (κ1) is 26.6. The molecule has 1 aromatic rings. The summed E-state index contributed by atoms with van der Waals surface area (Å²) in [6, 6.07) is 3.16. The number of benzene rings is 1. The van der Waals surface area contributed by atoms with E-state index in [2.05, 4.69) is 19.2 Å². The summed E-state index contributed by atoms with van der Waals surface area (Å²) in [5, 5.41) is 2.71. The standard InChI is InChI=1S/C26H37FN4O4/c1-16(2)9-12-31-25(35)29(6)24(34)26(31)10-13-30(14-11-26)23(33)21(17(3)4)28-22(32)19-15-18(5)7-8-20(19)27/h7-8,15-17,21H,9-14H2,1-6H3,(H,28,32)/t21-/m1/s1. The number of likely N-dealkylation sites (N-methyl/N-ethyl adjacent to an activating group) is 1. The van der Waals surface area contributed by atoms with Gasteiger partial charge in [0, 0.05) is 26.7 Å². The molecule has 0 aromatic heterocycles. The Labute approximate surface area is 206 Å². The lowest BCUT2D eigenvalue weighted by Gasteiger charge is -2.43. The zero-order chi connectivity index (χ0) is 26.1. The third-order valence-corrected chi connectivity index (χ3v) is 7.16. The number of carbonyl (C=O) groups excluding carboxylic acids is 4. The number of likely N-dealkylation sites (tertiary alicyclic amines) is 1. The third-order valence-electron chi connectivity index (χ3n) is 7.16. The van der Waals surface area contributed by atoms with Crippen LogP contribution in [0.1, 0.15) is 62.9 Å². The van der Waals surface area contributed by atoms with Gasteiger partial charge in [-0.15, -0.1) is 0 Å². The van der Waals surface area contributed by atoms with Crippen LogP contribution in [0.2, 0.25) is 0 Å². The Bertz CT molecular complexity index is 1000. The lowest BCUT2D eigenvalue weighted by Crippen LogP contribution is -2.60. The second-order valence-electron chi connectivity index (χ2n) is 10.5. The largest absolute Gasteiger partial charge is 0.341 e. The van der Waals surface area contributed by atoms with Crippen molar-refractivity contribution in [2.45, 2.75) is 65.5 Å². The number of imide groups is 1. The lowest BCUT2D eigenvalue weighted by molar-refractivity contribution is -0.142. The van der Waals surface area contributed by atoms with Gasteiger partial charge < -0.3 is 15.1 Å². The van der Waals surface area contributed by atoms with Gasteiger partial charge in [-0.25, -0.2) is 9.18 Å². The molecule has 0 bridgehead atoms. The van der Waals surface area contributed by atoms with Crippen molar-refractivity contribution in [3.8, 4) is 0 Å². The van der Waals surface area contributed by atoms with E-state index in [-0.39, 0.29) is 29.3 Å². The molecular formula is C26H37FN4O4. The Morgan fingerprint density at radius 1 is 1.11 bits per heavy atom. The Balaban J connectivity index is 1.73. The summed E-state index contributed by atoms with van der Waals surface area (Å²) in [6.45, 7) is 10.6. The maximum atomic E-state index is 14.2. The number of hydrogen-bond acceptors (Lipinski definition) is 4. The van der Waals surface area contributed by atoms with Gasteiger partial charge in [0.15, 0.2) is 0 Å². The lowest BCUT2D eigenvalue weighted by atomic mass is 9.85. The Hall–Kier alpha value is -2.97. The molecule has 2 aliphatic rings. The SMILES string of the molecule is Cc1ccc(F)c(C(=O)N[C@@H](C(=O)N2CCC3(CC2)C(=O)N(C)C(=O)N3CCC(C)C)C(C)C)c1. The Morgan fingerprint density at radius 2 is 1.74 bits per heavy atom. The molecule has 3 rings (SSSR count). The number of rotatable bonds is 7. The maximum Gasteiger partial charge on any atom is 0.327 e. The summed E-state index contributed by atoms with van der Waals surface area (Å²) in [6.07, 6.45) is 1.47. The summed E-state index contributed by atoms with van der Waals surface area (Å²) in [5.41, 5.74) is -0.285. The van der Waals surface area contributed by atoms with E-state index >= 15 is 0 Å². The summed E-state index contributed by atoms with van der Waals surface area (Å²) in [4.78, 5) is 56.6. The summed E-state index contributed by atoms with van der Waals surface area (Å²) >= 11 is 0. The molecule has 1 N–H and O–H groups in total. The highest BCUT2D eigenvalue weighted by molar-refractivity contribution is 6.07. The van der Waals surface area contributed by atoms with Crippen LogP contribution in [0.3, 0.4) is 0 Å². The van der Waals surface area contributed by atoms with Gasteiger partial charge in [0.05, 0.1) is 5.56 Å². The van der Waals surface area contributed by atoms with E-state index in [0.717, 1.165) is 12.0 Å². The highest BCUT2D eigenvalue weighted by atomic mass is 19.1. The molecule has 0 aliphatic carbocycles. The van der Waals surface area contributed by atoms with Crippen LogP contribution in [0.25, 0.3) is 0 Å². The third kappa shape index (κ3) is 5.18. The first-order chi connectivity index (χ1) is 16.4. The summed E-state index contributed by atoms with van der Waals surface area (Å²) in [7, 11) is 1.51. The molecule has 2 saturated heterocycles. The molecule has 5 amide bonds. The van der Waals surface area contributed by atoms with Crippen molar-refractivity contribution in [1.29, 1.82) is 0 Å². The first-order valence-electron chi connectivity index (χ1n) is 12.3. The van der Waals surface area contributed by atoms with Crippen LogP contribution in [-0.2, 0) is 9.59 Å². The van der Waals surface area contributed by atoms with Crippen molar-refractivity contribution < 1.29 is 23.6 Å². The fourth-order valence-corrected chi connectivity index (χ4v) is 4.90. The molecule has 0 radical (unpaired) electrons. The topological polar surface area (TPSA) is 90.0 Å². The second-order valence-corrected chi connectivity index (χ2v) is 10.5. The average molecular weight is 489 g/mol. The van der Waals surface area contributed by atoms with Gasteiger partial charge in [-0.05, 0) is 50.2 Å². The highest BCUT2D eigenvalue weighted by Gasteiger charge is 2.57. The van der Waals surface area contributed by atoms with Crippen LogP contribution in [-0.4, -0.2) is 76.7 Å². The predicted molar refractivity (Wildman–Crippen MR) is 130 cm³/mol. The summed E-state index contributed by atoms with van der Waals surface area (Å²) in [5.74, 6) is -1.60. The number of nitrogens with one attached hydrogen (secondary N) is 1. The maximum absolute atomic E-state index is 14.2. The minimum atomic E-state index is -0.932. The van der Waals surface area contributed by atoms with Gasteiger partial charge in [-0.2, -0.15) is 0 Å². The number of amides is 5. The molecule has 2 aliphatic heterocycles. The van der Waals surface area contributed by atoms with Crippen LogP contribution in [0.4, 0.5) is 9.18 Å². The molecular weight excluding hydrogens is 451 g/mol. The number of halogens is 1. The van der Waals surface area contributed by atoms with Crippen molar-refractivity contribution in [2.24, 2.45) is 11.8 Å². The van der Waals surface area contributed by atoms with E-state index < -0.39 is 23.3 Å². The quantitative estimate of drug-likeness (QED) is 0.597. The molecule has 0 saturated carbocycles. The van der Waals surface area contributed by atoms with Crippen LogP contribution in [0.15, 0.2) is 18.2 Å². The minimum Gasteiger partial charge on any atom is -0.341 e. The van der Waals surface area contributed by atoms with Crippen molar-refractivity contribution in [1.82, 2.24) is 20.0 Å². The van der Waals surface area contributed by atoms with E-state index in [9.17, 15) is 23.6 Å². The van der Waals surface area contributed by atoms with Crippen LogP contribution < -0.4 is 5.32 Å². The number of carbonyl (C=O) groups is 4. The molecule has 2 heterocycles. The van der Waals surface area contributed by atoms with E-state index in [1.165, 1.54) is 24.1 Å². The molecule has 9 heteroatoms. The number of hydrogen-bond donors (Lipinski definition) is 1. The van der Waals surface area contributed by atoms with Crippen molar-refractivity contribution in [3.63, 3.8) is 0 Å². The molecule has 1 aromatic carbocycles. The predicted octanol–water partition coefficient (Wildman–Crippen LogP) is 3.19. The van der Waals surface area contributed by atoms with Gasteiger partial charge in [0.1, 0.15) is 17.4 Å². The van der Waals surface area contributed by atoms with Crippen molar-refractivity contribution >= 4 is 23.8 Å². The van der Waals surface area contributed by atoms with Crippen molar-refractivity contribution in [3.05, 3.63) is 35.1 Å². The molecule has 1 spiro atoms. The molecule has 2 fully saturated rings. The first-order valence-corrected chi connectivity index (χ1v) is 12.3. The number of urea groups is 1. The smallest absolute Gasteiger partial charge is 0.327 e. The Morgan fingerprint density at radius 3 is 2.31 bits per heavy atom. The second kappa shape index (κ2) is 10.3. The zero-order valence-electron chi connectivity index (χ0n) is 21.6. The van der Waals surface area contributed by atoms with Gasteiger partial charge in [-0.3, -0.25) is 19.3 Å². The normalized spacial score (nSPS) is 18.7. The van der Waals surface area contributed by atoms with Crippen molar-refractivity contribution in [2.75, 3.05) is 26.7 Å². The average Bonchev–Trinajstić information content (AvgIpc) is 2.98. The molecule has 1 atom stereocenters.